The number of hydrogen-bond acceptors (Lipinski definition) is 3. The van der Waals surface area contributed by atoms with Crippen LogP contribution in [0.2, 0.25) is 0 Å². The molecule has 0 aromatic carbocycles. The van der Waals surface area contributed by atoms with Crippen LogP contribution in [0.5, 0.6) is 0 Å². The molecule has 0 aromatic heterocycles. The topological polar surface area (TPSA) is 46.5 Å². The van der Waals surface area contributed by atoms with Crippen LogP contribution in [0.3, 0.4) is 0 Å². The second-order valence-corrected chi connectivity index (χ2v) is 8.20. The molecule has 23 heavy (non-hydrogen) atoms. The fourth-order valence-corrected chi connectivity index (χ4v) is 5.30. The molecule has 0 saturated heterocycles. The number of carbonyl (C=O) groups is 1. The quantitative estimate of drug-likeness (QED) is 0.613. The lowest BCUT2D eigenvalue weighted by molar-refractivity contribution is -0.177. The van der Waals surface area contributed by atoms with Gasteiger partial charge in [0.2, 0.25) is 0 Å². The average molecular weight is 322 g/mol. The van der Waals surface area contributed by atoms with Gasteiger partial charge in [-0.3, -0.25) is 0 Å². The molecule has 2 aliphatic carbocycles. The zero-order valence-corrected chi connectivity index (χ0v) is 15.5. The van der Waals surface area contributed by atoms with E-state index in [1.54, 1.807) is 13.0 Å². The van der Waals surface area contributed by atoms with Gasteiger partial charge in [-0.2, -0.15) is 0 Å². The van der Waals surface area contributed by atoms with E-state index < -0.39 is 0 Å². The molecule has 2 fully saturated rings. The minimum absolute atomic E-state index is 0.254. The molecule has 1 N–H and O–H groups in total. The summed E-state index contributed by atoms with van der Waals surface area (Å²) in [5.74, 6) is 0.897. The molecule has 0 heterocycles. The third-order valence-electron chi connectivity index (χ3n) is 7.05. The van der Waals surface area contributed by atoms with E-state index >= 15 is 0 Å². The van der Waals surface area contributed by atoms with Crippen LogP contribution < -0.4 is 0 Å². The van der Waals surface area contributed by atoms with E-state index in [0.717, 1.165) is 25.2 Å². The number of esters is 1. The molecule has 2 rings (SSSR count). The zero-order valence-electron chi connectivity index (χ0n) is 15.5. The number of hydrogen-bond donors (Lipinski definition) is 1. The summed E-state index contributed by atoms with van der Waals surface area (Å²) < 4.78 is 5.60. The van der Waals surface area contributed by atoms with Crippen molar-refractivity contribution < 1.29 is 14.6 Å². The second kappa shape index (κ2) is 6.96. The van der Waals surface area contributed by atoms with Gasteiger partial charge in [-0.25, -0.2) is 4.79 Å². The van der Waals surface area contributed by atoms with Crippen LogP contribution in [0.1, 0.15) is 73.1 Å². The van der Waals surface area contributed by atoms with E-state index in [9.17, 15) is 9.90 Å². The van der Waals surface area contributed by atoms with E-state index in [0.29, 0.717) is 18.1 Å². The maximum Gasteiger partial charge on any atom is 0.333 e. The maximum atomic E-state index is 12.1. The van der Waals surface area contributed by atoms with Gasteiger partial charge in [-0.15, -0.1) is 0 Å². The Kier molecular flexibility index (Phi) is 5.60. The van der Waals surface area contributed by atoms with Gasteiger partial charge in [0.05, 0.1) is 12.7 Å². The first-order chi connectivity index (χ1) is 10.8. The van der Waals surface area contributed by atoms with E-state index in [1.165, 1.54) is 19.3 Å². The maximum absolute atomic E-state index is 12.1. The number of allylic oxidation sites excluding steroid dienone is 1. The van der Waals surface area contributed by atoms with Crippen molar-refractivity contribution in [2.45, 2.75) is 79.2 Å². The van der Waals surface area contributed by atoms with E-state index in [2.05, 4.69) is 20.8 Å². The van der Waals surface area contributed by atoms with Crippen molar-refractivity contribution in [1.29, 1.82) is 0 Å². The number of aliphatic hydroxyl groups is 1. The van der Waals surface area contributed by atoms with Crippen molar-refractivity contribution in [3.8, 4) is 0 Å². The van der Waals surface area contributed by atoms with E-state index in [1.807, 2.05) is 6.92 Å². The number of fused-ring (bicyclic) bond motifs is 1. The summed E-state index contributed by atoms with van der Waals surface area (Å²) >= 11 is 0. The Morgan fingerprint density at radius 1 is 1.30 bits per heavy atom. The molecule has 0 radical (unpaired) electrons. The highest BCUT2D eigenvalue weighted by molar-refractivity contribution is 5.87. The summed E-state index contributed by atoms with van der Waals surface area (Å²) in [5, 5.41) is 10.7. The summed E-state index contributed by atoms with van der Waals surface area (Å²) in [7, 11) is 0. The predicted molar refractivity (Wildman–Crippen MR) is 93.0 cm³/mol. The number of aliphatic hydroxyl groups excluding tert-OH is 1. The molecule has 2 saturated carbocycles. The fraction of sp³-hybridized carbons (Fsp3) is 0.850. The normalized spacial score (nSPS) is 41.3. The Morgan fingerprint density at radius 3 is 2.61 bits per heavy atom. The van der Waals surface area contributed by atoms with Crippen LogP contribution in [-0.4, -0.2) is 23.8 Å². The van der Waals surface area contributed by atoms with Gasteiger partial charge in [-0.1, -0.05) is 39.7 Å². The SMILES string of the molecule is CC=C(C)C(=O)OCC1(C)C(O)CCC2(C)C(CC)CCCC12. The van der Waals surface area contributed by atoms with Crippen molar-refractivity contribution in [2.75, 3.05) is 6.61 Å². The van der Waals surface area contributed by atoms with Crippen molar-refractivity contribution in [3.05, 3.63) is 11.6 Å². The Balaban J connectivity index is 2.22. The second-order valence-electron chi connectivity index (χ2n) is 8.20. The lowest BCUT2D eigenvalue weighted by atomic mass is 9.47. The first-order valence-corrected chi connectivity index (χ1v) is 9.27. The Bertz CT molecular complexity index is 470. The fourth-order valence-electron chi connectivity index (χ4n) is 5.30. The van der Waals surface area contributed by atoms with Crippen LogP contribution in [0.15, 0.2) is 11.6 Å². The molecule has 0 aliphatic heterocycles. The molecule has 3 heteroatoms. The molecule has 0 spiro atoms. The lowest BCUT2D eigenvalue weighted by Crippen LogP contribution is -2.57. The predicted octanol–water partition coefficient (Wildman–Crippen LogP) is 4.49. The minimum atomic E-state index is -0.380. The highest BCUT2D eigenvalue weighted by Gasteiger charge is 2.57. The highest BCUT2D eigenvalue weighted by Crippen LogP contribution is 2.60. The Morgan fingerprint density at radius 2 is 2.00 bits per heavy atom. The Hall–Kier alpha value is -0.830. The number of rotatable bonds is 4. The first kappa shape index (κ1) is 18.5. The van der Waals surface area contributed by atoms with Gasteiger partial charge in [0.25, 0.3) is 0 Å². The monoisotopic (exact) mass is 322 g/mol. The highest BCUT2D eigenvalue weighted by atomic mass is 16.5. The zero-order chi connectivity index (χ0) is 17.3. The Labute approximate surface area is 141 Å². The van der Waals surface area contributed by atoms with Crippen LogP contribution in [0.4, 0.5) is 0 Å². The van der Waals surface area contributed by atoms with Gasteiger partial charge >= 0.3 is 5.97 Å². The summed E-state index contributed by atoms with van der Waals surface area (Å²) in [6, 6.07) is 0. The minimum Gasteiger partial charge on any atom is -0.462 e. The molecule has 5 unspecified atom stereocenters. The summed E-state index contributed by atoms with van der Waals surface area (Å²) in [6.07, 6.45) is 8.18. The molecular weight excluding hydrogens is 288 g/mol. The summed E-state index contributed by atoms with van der Waals surface area (Å²) in [4.78, 5) is 12.1. The van der Waals surface area contributed by atoms with Crippen molar-refractivity contribution in [1.82, 2.24) is 0 Å². The van der Waals surface area contributed by atoms with Gasteiger partial charge in [0, 0.05) is 11.0 Å². The smallest absolute Gasteiger partial charge is 0.333 e. The molecule has 132 valence electrons. The third-order valence-corrected chi connectivity index (χ3v) is 7.05. The third kappa shape index (κ3) is 3.22. The van der Waals surface area contributed by atoms with Gasteiger partial charge in [0.1, 0.15) is 0 Å². The van der Waals surface area contributed by atoms with Gasteiger partial charge < -0.3 is 9.84 Å². The van der Waals surface area contributed by atoms with Crippen LogP contribution in [0.25, 0.3) is 0 Å². The summed E-state index contributed by atoms with van der Waals surface area (Å²) in [6.45, 7) is 10.8. The van der Waals surface area contributed by atoms with Crippen molar-refractivity contribution in [3.63, 3.8) is 0 Å². The van der Waals surface area contributed by atoms with Gasteiger partial charge in [0.15, 0.2) is 0 Å². The van der Waals surface area contributed by atoms with Crippen molar-refractivity contribution in [2.24, 2.45) is 22.7 Å². The van der Waals surface area contributed by atoms with Crippen LogP contribution >= 0.6 is 0 Å². The van der Waals surface area contributed by atoms with Crippen molar-refractivity contribution >= 4 is 5.97 Å². The molecule has 0 bridgehead atoms. The molecule has 0 aromatic rings. The molecule has 5 atom stereocenters. The van der Waals surface area contributed by atoms with Gasteiger partial charge in [-0.05, 0) is 56.8 Å². The number of ether oxygens (including phenoxy) is 1. The standard InChI is InChI=1S/C20H34O3/c1-6-14(3)18(22)23-13-20(5)16-10-8-9-15(7-2)19(16,4)12-11-17(20)21/h6,15-17,21H,7-13H2,1-5H3. The van der Waals surface area contributed by atoms with Crippen LogP contribution in [-0.2, 0) is 9.53 Å². The molecular formula is C20H34O3. The van der Waals surface area contributed by atoms with Crippen LogP contribution in [0, 0.1) is 22.7 Å². The lowest BCUT2D eigenvalue weighted by Gasteiger charge is -2.59. The molecule has 0 amide bonds. The van der Waals surface area contributed by atoms with E-state index in [-0.39, 0.29) is 22.9 Å². The first-order valence-electron chi connectivity index (χ1n) is 9.27. The largest absolute Gasteiger partial charge is 0.462 e. The van der Waals surface area contributed by atoms with E-state index in [4.69, 9.17) is 4.74 Å². The average Bonchev–Trinajstić information content (AvgIpc) is 2.55. The summed E-state index contributed by atoms with van der Waals surface area (Å²) in [5.41, 5.74) is 0.574. The number of carbonyl (C=O) groups excluding carboxylic acids is 1. The molecule has 2 aliphatic rings. The molecule has 3 nitrogen and oxygen atoms in total.